The first-order chi connectivity index (χ1) is 7.75. The SMILES string of the molecule is NC(=O)c1cc(NCc2nccs2)ccn1. The van der Waals surface area contributed by atoms with Crippen molar-refractivity contribution in [1.82, 2.24) is 9.97 Å². The van der Waals surface area contributed by atoms with E-state index < -0.39 is 5.91 Å². The van der Waals surface area contributed by atoms with Gasteiger partial charge in [-0.05, 0) is 12.1 Å². The van der Waals surface area contributed by atoms with Crippen LogP contribution < -0.4 is 11.1 Å². The first-order valence-electron chi connectivity index (χ1n) is 4.64. The molecule has 2 aromatic rings. The fraction of sp³-hybridized carbons (Fsp3) is 0.100. The molecule has 2 aromatic heterocycles. The van der Waals surface area contributed by atoms with Crippen LogP contribution in [0.4, 0.5) is 5.69 Å². The molecular formula is C10H10N4OS. The van der Waals surface area contributed by atoms with Crippen LogP contribution in [0.5, 0.6) is 0 Å². The van der Waals surface area contributed by atoms with Gasteiger partial charge < -0.3 is 11.1 Å². The van der Waals surface area contributed by atoms with E-state index in [-0.39, 0.29) is 5.69 Å². The van der Waals surface area contributed by atoms with Crippen molar-refractivity contribution in [2.24, 2.45) is 5.73 Å². The molecule has 0 radical (unpaired) electrons. The van der Waals surface area contributed by atoms with Gasteiger partial charge in [0.15, 0.2) is 0 Å². The second kappa shape index (κ2) is 4.71. The molecule has 2 heterocycles. The maximum absolute atomic E-state index is 10.9. The molecule has 0 fully saturated rings. The van der Waals surface area contributed by atoms with Crippen LogP contribution in [-0.4, -0.2) is 15.9 Å². The van der Waals surface area contributed by atoms with Crippen LogP contribution >= 0.6 is 11.3 Å². The van der Waals surface area contributed by atoms with Crippen molar-refractivity contribution in [2.45, 2.75) is 6.54 Å². The highest BCUT2D eigenvalue weighted by atomic mass is 32.1. The number of amides is 1. The molecule has 0 saturated heterocycles. The third kappa shape index (κ3) is 2.54. The van der Waals surface area contributed by atoms with Gasteiger partial charge in [0.25, 0.3) is 5.91 Å². The fourth-order valence-electron chi connectivity index (χ4n) is 1.19. The van der Waals surface area contributed by atoms with Gasteiger partial charge >= 0.3 is 0 Å². The second-order valence-electron chi connectivity index (χ2n) is 3.07. The van der Waals surface area contributed by atoms with Crippen LogP contribution in [0.3, 0.4) is 0 Å². The number of hydrogen-bond acceptors (Lipinski definition) is 5. The number of nitrogens with two attached hydrogens (primary N) is 1. The minimum Gasteiger partial charge on any atom is -0.378 e. The minimum absolute atomic E-state index is 0.254. The molecule has 6 heteroatoms. The van der Waals surface area contributed by atoms with E-state index in [9.17, 15) is 4.79 Å². The van der Waals surface area contributed by atoms with Crippen molar-refractivity contribution < 1.29 is 4.79 Å². The molecule has 0 aliphatic heterocycles. The number of carbonyl (C=O) groups is 1. The zero-order valence-corrected chi connectivity index (χ0v) is 9.20. The van der Waals surface area contributed by atoms with E-state index in [1.807, 2.05) is 5.38 Å². The molecule has 5 nitrogen and oxygen atoms in total. The summed E-state index contributed by atoms with van der Waals surface area (Å²) in [5.74, 6) is -0.530. The first-order valence-corrected chi connectivity index (χ1v) is 5.52. The Morgan fingerprint density at radius 3 is 3.00 bits per heavy atom. The Kier molecular flexibility index (Phi) is 3.11. The maximum atomic E-state index is 10.9. The van der Waals surface area contributed by atoms with Crippen molar-refractivity contribution in [1.29, 1.82) is 0 Å². The number of nitrogens with zero attached hydrogens (tertiary/aromatic N) is 2. The number of thiazole rings is 1. The number of pyridine rings is 1. The van der Waals surface area contributed by atoms with E-state index in [0.717, 1.165) is 10.7 Å². The number of anilines is 1. The van der Waals surface area contributed by atoms with Gasteiger partial charge in [0.2, 0.25) is 0 Å². The maximum Gasteiger partial charge on any atom is 0.267 e. The topological polar surface area (TPSA) is 80.9 Å². The van der Waals surface area contributed by atoms with Crippen LogP contribution in [0.15, 0.2) is 29.9 Å². The molecule has 0 aliphatic carbocycles. The molecule has 0 saturated carbocycles. The Balaban J connectivity index is 2.04. The lowest BCUT2D eigenvalue weighted by Gasteiger charge is -2.04. The lowest BCUT2D eigenvalue weighted by molar-refractivity contribution is 0.0995. The average molecular weight is 234 g/mol. The van der Waals surface area contributed by atoms with Crippen LogP contribution in [0.25, 0.3) is 0 Å². The van der Waals surface area contributed by atoms with Gasteiger partial charge in [-0.1, -0.05) is 0 Å². The Bertz CT molecular complexity index is 483. The number of nitrogens with one attached hydrogen (secondary N) is 1. The zero-order chi connectivity index (χ0) is 11.4. The number of rotatable bonds is 4. The summed E-state index contributed by atoms with van der Waals surface area (Å²) in [5, 5.41) is 6.04. The lowest BCUT2D eigenvalue weighted by atomic mass is 10.3. The molecule has 2 rings (SSSR count). The van der Waals surface area contributed by atoms with E-state index in [4.69, 9.17) is 5.73 Å². The first kappa shape index (κ1) is 10.6. The Labute approximate surface area is 96.3 Å². The van der Waals surface area contributed by atoms with E-state index in [1.54, 1.807) is 35.9 Å². The normalized spacial score (nSPS) is 10.0. The summed E-state index contributed by atoms with van der Waals surface area (Å²) in [6.07, 6.45) is 3.30. The highest BCUT2D eigenvalue weighted by Crippen LogP contribution is 2.11. The molecule has 0 unspecified atom stereocenters. The quantitative estimate of drug-likeness (QED) is 0.834. The Morgan fingerprint density at radius 2 is 2.31 bits per heavy atom. The molecule has 0 spiro atoms. The van der Waals surface area contributed by atoms with Crippen molar-refractivity contribution in [3.05, 3.63) is 40.6 Å². The molecule has 82 valence electrons. The Morgan fingerprint density at radius 1 is 1.44 bits per heavy atom. The summed E-state index contributed by atoms with van der Waals surface area (Å²) < 4.78 is 0. The molecule has 0 aliphatic rings. The summed E-state index contributed by atoms with van der Waals surface area (Å²) in [7, 11) is 0. The summed E-state index contributed by atoms with van der Waals surface area (Å²) in [6, 6.07) is 3.40. The van der Waals surface area contributed by atoms with E-state index in [1.165, 1.54) is 0 Å². The lowest BCUT2D eigenvalue weighted by Crippen LogP contribution is -2.13. The molecule has 3 N–H and O–H groups in total. The van der Waals surface area contributed by atoms with Crippen LogP contribution in [0.1, 0.15) is 15.5 Å². The van der Waals surface area contributed by atoms with Crippen LogP contribution in [0, 0.1) is 0 Å². The van der Waals surface area contributed by atoms with Crippen LogP contribution in [0.2, 0.25) is 0 Å². The number of hydrogen-bond donors (Lipinski definition) is 2. The summed E-state index contributed by atoms with van der Waals surface area (Å²) in [4.78, 5) is 18.9. The number of aromatic nitrogens is 2. The Hall–Kier alpha value is -1.95. The number of primary amides is 1. The summed E-state index contributed by atoms with van der Waals surface area (Å²) in [5.41, 5.74) is 6.19. The van der Waals surface area contributed by atoms with Crippen LogP contribution in [-0.2, 0) is 6.54 Å². The predicted octanol–water partition coefficient (Wildman–Crippen LogP) is 1.25. The molecule has 0 atom stereocenters. The van der Waals surface area contributed by atoms with Gasteiger partial charge in [-0.25, -0.2) is 4.98 Å². The standard InChI is InChI=1S/C10H10N4OS/c11-10(15)8-5-7(1-2-12-8)14-6-9-13-3-4-16-9/h1-5H,6H2,(H2,11,15)(H,12,14). The average Bonchev–Trinajstić information content (AvgIpc) is 2.79. The van der Waals surface area contributed by atoms with Crippen molar-refractivity contribution in [3.63, 3.8) is 0 Å². The van der Waals surface area contributed by atoms with E-state index >= 15 is 0 Å². The zero-order valence-electron chi connectivity index (χ0n) is 8.38. The summed E-state index contributed by atoms with van der Waals surface area (Å²) >= 11 is 1.57. The van der Waals surface area contributed by atoms with E-state index in [2.05, 4.69) is 15.3 Å². The number of carbonyl (C=O) groups excluding carboxylic acids is 1. The van der Waals surface area contributed by atoms with Gasteiger partial charge in [0.1, 0.15) is 10.7 Å². The van der Waals surface area contributed by atoms with Crippen molar-refractivity contribution in [2.75, 3.05) is 5.32 Å². The minimum atomic E-state index is -0.530. The second-order valence-corrected chi connectivity index (χ2v) is 4.05. The predicted molar refractivity (Wildman–Crippen MR) is 62.2 cm³/mol. The highest BCUT2D eigenvalue weighted by Gasteiger charge is 2.03. The van der Waals surface area contributed by atoms with Gasteiger partial charge in [0.05, 0.1) is 6.54 Å². The molecule has 1 amide bonds. The monoisotopic (exact) mass is 234 g/mol. The van der Waals surface area contributed by atoms with Gasteiger partial charge in [-0.15, -0.1) is 11.3 Å². The smallest absolute Gasteiger partial charge is 0.267 e. The van der Waals surface area contributed by atoms with Crippen molar-refractivity contribution in [3.8, 4) is 0 Å². The molecule has 16 heavy (non-hydrogen) atoms. The largest absolute Gasteiger partial charge is 0.378 e. The highest BCUT2D eigenvalue weighted by molar-refractivity contribution is 7.09. The molecule has 0 bridgehead atoms. The molecular weight excluding hydrogens is 224 g/mol. The fourth-order valence-corrected chi connectivity index (χ4v) is 1.75. The third-order valence-electron chi connectivity index (χ3n) is 1.94. The van der Waals surface area contributed by atoms with Gasteiger partial charge in [-0.3, -0.25) is 9.78 Å². The van der Waals surface area contributed by atoms with Gasteiger partial charge in [0, 0.05) is 23.5 Å². The van der Waals surface area contributed by atoms with Crippen molar-refractivity contribution >= 4 is 22.9 Å². The van der Waals surface area contributed by atoms with E-state index in [0.29, 0.717) is 6.54 Å². The third-order valence-corrected chi connectivity index (χ3v) is 2.72. The molecule has 0 aromatic carbocycles. The van der Waals surface area contributed by atoms with Gasteiger partial charge in [-0.2, -0.15) is 0 Å². The summed E-state index contributed by atoms with van der Waals surface area (Å²) in [6.45, 7) is 0.625.